The van der Waals surface area contributed by atoms with Crippen LogP contribution in [-0.4, -0.2) is 5.78 Å². The molecule has 0 unspecified atom stereocenters. The van der Waals surface area contributed by atoms with Crippen molar-refractivity contribution >= 4 is 21.7 Å². The molecule has 94 valence electrons. The third-order valence-electron chi connectivity index (χ3n) is 2.39. The number of nitriles is 4. The quantitative estimate of drug-likeness (QED) is 0.481. The molecule has 0 bridgehead atoms. The number of hydrogen-bond donors (Lipinski definition) is 0. The Hall–Kier alpha value is -2.93. The van der Waals surface area contributed by atoms with Crippen LogP contribution in [0.1, 0.15) is 10.4 Å². The summed E-state index contributed by atoms with van der Waals surface area (Å²) in [5.74, 6) is -2.14. The van der Waals surface area contributed by atoms with Crippen molar-refractivity contribution < 1.29 is 4.79 Å². The molecule has 0 aliphatic rings. The van der Waals surface area contributed by atoms with E-state index in [2.05, 4.69) is 15.9 Å². The number of Topliss-reactive ketones (excluding diaryl/α,β-unsaturated/α-hetero) is 1. The van der Waals surface area contributed by atoms with Crippen LogP contribution in [0.15, 0.2) is 39.9 Å². The summed E-state index contributed by atoms with van der Waals surface area (Å²) >= 11 is 3.21. The summed E-state index contributed by atoms with van der Waals surface area (Å²) in [6.07, 6.45) is 0. The summed E-state index contributed by atoms with van der Waals surface area (Å²) in [7, 11) is 0. The Morgan fingerprint density at radius 3 is 1.90 bits per heavy atom. The van der Waals surface area contributed by atoms with Crippen molar-refractivity contribution in [2.24, 2.45) is 5.92 Å². The topological polar surface area (TPSA) is 112 Å². The van der Waals surface area contributed by atoms with Crippen molar-refractivity contribution in [1.82, 2.24) is 0 Å². The average Bonchev–Trinajstić information content (AvgIpc) is 2.48. The van der Waals surface area contributed by atoms with Crippen LogP contribution in [0.5, 0.6) is 0 Å². The van der Waals surface area contributed by atoms with Crippen molar-refractivity contribution in [2.45, 2.75) is 0 Å². The van der Waals surface area contributed by atoms with Crippen LogP contribution >= 0.6 is 15.9 Å². The highest BCUT2D eigenvalue weighted by molar-refractivity contribution is 9.10. The zero-order chi connectivity index (χ0) is 15.1. The lowest BCUT2D eigenvalue weighted by Crippen LogP contribution is -2.13. The SMILES string of the molecule is N#CC(C#N)=C(C(=O)c1ccc(Br)cc1)C(C#N)C#N. The molecule has 20 heavy (non-hydrogen) atoms. The first kappa shape index (κ1) is 15.1. The zero-order valence-electron chi connectivity index (χ0n) is 9.96. The normalized spacial score (nSPS) is 8.70. The van der Waals surface area contributed by atoms with Gasteiger partial charge >= 0.3 is 0 Å². The highest BCUT2D eigenvalue weighted by Gasteiger charge is 2.26. The van der Waals surface area contributed by atoms with Gasteiger partial charge in [0.2, 0.25) is 0 Å². The van der Waals surface area contributed by atoms with Gasteiger partial charge in [0.1, 0.15) is 17.7 Å². The molecule has 0 aliphatic heterocycles. The molecule has 0 amide bonds. The van der Waals surface area contributed by atoms with E-state index in [1.54, 1.807) is 36.4 Å². The first-order chi connectivity index (χ1) is 9.58. The molecule has 0 fully saturated rings. The van der Waals surface area contributed by atoms with Gasteiger partial charge in [0.05, 0.1) is 17.7 Å². The minimum Gasteiger partial charge on any atom is -0.289 e. The van der Waals surface area contributed by atoms with E-state index < -0.39 is 17.3 Å². The van der Waals surface area contributed by atoms with Crippen LogP contribution in [0.4, 0.5) is 0 Å². The molecule has 0 radical (unpaired) electrons. The molecule has 6 heteroatoms. The van der Waals surface area contributed by atoms with Crippen LogP contribution in [0.25, 0.3) is 0 Å². The van der Waals surface area contributed by atoms with E-state index in [1.165, 1.54) is 12.1 Å². The molecular weight excluding hydrogens is 320 g/mol. The summed E-state index contributed by atoms with van der Waals surface area (Å²) in [5, 5.41) is 35.5. The van der Waals surface area contributed by atoms with E-state index in [0.717, 1.165) is 4.47 Å². The standard InChI is InChI=1S/C14H5BrN4O/c15-12-3-1-9(2-4-12)14(20)13(10(5-16)6-17)11(7-18)8-19/h1-4,10H. The van der Waals surface area contributed by atoms with Gasteiger partial charge in [-0.05, 0) is 24.3 Å². The Kier molecular flexibility index (Phi) is 5.19. The Labute approximate surface area is 123 Å². The minimum absolute atomic E-state index is 0.196. The molecule has 0 saturated carbocycles. The van der Waals surface area contributed by atoms with Gasteiger partial charge in [-0.1, -0.05) is 15.9 Å². The van der Waals surface area contributed by atoms with E-state index in [4.69, 9.17) is 21.0 Å². The Bertz CT molecular complexity index is 706. The van der Waals surface area contributed by atoms with Gasteiger partial charge in [0.15, 0.2) is 11.7 Å². The number of halogens is 1. The predicted molar refractivity (Wildman–Crippen MR) is 71.4 cm³/mol. The molecule has 1 aromatic carbocycles. The van der Waals surface area contributed by atoms with Crippen molar-refractivity contribution in [3.8, 4) is 24.3 Å². The largest absolute Gasteiger partial charge is 0.289 e. The molecule has 0 N–H and O–H groups in total. The summed E-state index contributed by atoms with van der Waals surface area (Å²) in [6, 6.07) is 12.5. The van der Waals surface area contributed by atoms with Crippen molar-refractivity contribution in [3.05, 3.63) is 45.4 Å². The van der Waals surface area contributed by atoms with Crippen LogP contribution < -0.4 is 0 Å². The summed E-state index contributed by atoms with van der Waals surface area (Å²) in [6.45, 7) is 0. The monoisotopic (exact) mass is 324 g/mol. The molecule has 0 atom stereocenters. The lowest BCUT2D eigenvalue weighted by Gasteiger charge is -2.07. The summed E-state index contributed by atoms with van der Waals surface area (Å²) in [4.78, 5) is 12.3. The van der Waals surface area contributed by atoms with Crippen LogP contribution in [0.3, 0.4) is 0 Å². The number of nitrogens with zero attached hydrogens (tertiary/aromatic N) is 4. The minimum atomic E-state index is -1.46. The van der Waals surface area contributed by atoms with E-state index >= 15 is 0 Å². The molecule has 0 spiro atoms. The fraction of sp³-hybridized carbons (Fsp3) is 0.0714. The van der Waals surface area contributed by atoms with Gasteiger partial charge in [-0.2, -0.15) is 21.0 Å². The zero-order valence-corrected chi connectivity index (χ0v) is 11.5. The highest BCUT2D eigenvalue weighted by atomic mass is 79.9. The van der Waals surface area contributed by atoms with E-state index in [-0.39, 0.29) is 11.1 Å². The Morgan fingerprint density at radius 1 is 1.00 bits per heavy atom. The van der Waals surface area contributed by atoms with Crippen LogP contribution in [-0.2, 0) is 0 Å². The number of rotatable bonds is 3. The molecule has 0 heterocycles. The lowest BCUT2D eigenvalue weighted by atomic mass is 9.90. The molecule has 0 aliphatic carbocycles. The first-order valence-electron chi connectivity index (χ1n) is 5.22. The number of ketones is 1. The molecule has 1 aromatic rings. The van der Waals surface area contributed by atoms with Gasteiger partial charge in [0.25, 0.3) is 0 Å². The Morgan fingerprint density at radius 2 is 1.50 bits per heavy atom. The van der Waals surface area contributed by atoms with Crippen LogP contribution in [0.2, 0.25) is 0 Å². The second kappa shape index (κ2) is 6.86. The van der Waals surface area contributed by atoms with Gasteiger partial charge in [-0.15, -0.1) is 0 Å². The molecule has 0 saturated heterocycles. The van der Waals surface area contributed by atoms with Gasteiger partial charge in [-0.3, -0.25) is 4.79 Å². The fourth-order valence-electron chi connectivity index (χ4n) is 1.45. The van der Waals surface area contributed by atoms with E-state index in [1.807, 2.05) is 0 Å². The number of carbonyl (C=O) groups excluding carboxylic acids is 1. The van der Waals surface area contributed by atoms with Gasteiger partial charge in [-0.25, -0.2) is 0 Å². The highest BCUT2D eigenvalue weighted by Crippen LogP contribution is 2.21. The van der Waals surface area contributed by atoms with Crippen molar-refractivity contribution in [2.75, 3.05) is 0 Å². The molecule has 5 nitrogen and oxygen atoms in total. The molecule has 1 rings (SSSR count). The number of benzene rings is 1. The number of carbonyl (C=O) groups is 1. The van der Waals surface area contributed by atoms with Gasteiger partial charge in [0, 0.05) is 10.0 Å². The van der Waals surface area contributed by atoms with E-state index in [0.29, 0.717) is 0 Å². The average molecular weight is 325 g/mol. The third-order valence-corrected chi connectivity index (χ3v) is 2.92. The number of allylic oxidation sites excluding steroid dienone is 2. The summed E-state index contributed by atoms with van der Waals surface area (Å²) in [5.41, 5.74) is -0.713. The van der Waals surface area contributed by atoms with Gasteiger partial charge < -0.3 is 0 Å². The van der Waals surface area contributed by atoms with E-state index in [9.17, 15) is 4.79 Å². The maximum absolute atomic E-state index is 12.3. The fourth-order valence-corrected chi connectivity index (χ4v) is 1.71. The molecular formula is C14H5BrN4O. The lowest BCUT2D eigenvalue weighted by molar-refractivity contribution is 0.102. The second-order valence-corrected chi connectivity index (χ2v) is 4.46. The smallest absolute Gasteiger partial charge is 0.193 e. The molecule has 0 aromatic heterocycles. The maximum atomic E-state index is 12.3. The van der Waals surface area contributed by atoms with Crippen molar-refractivity contribution in [1.29, 1.82) is 21.0 Å². The van der Waals surface area contributed by atoms with Crippen molar-refractivity contribution in [3.63, 3.8) is 0 Å². The predicted octanol–water partition coefficient (Wildman–Crippen LogP) is 2.64. The third kappa shape index (κ3) is 3.09. The first-order valence-corrected chi connectivity index (χ1v) is 6.02. The summed E-state index contributed by atoms with van der Waals surface area (Å²) < 4.78 is 0.748. The Balaban J connectivity index is 3.46. The second-order valence-electron chi connectivity index (χ2n) is 3.54. The maximum Gasteiger partial charge on any atom is 0.193 e. The number of hydrogen-bond acceptors (Lipinski definition) is 5. The van der Waals surface area contributed by atoms with Crippen LogP contribution in [0, 0.1) is 51.2 Å².